The van der Waals surface area contributed by atoms with E-state index in [0.717, 1.165) is 41.6 Å². The number of ether oxygens (including phenoxy) is 1. The van der Waals surface area contributed by atoms with Gasteiger partial charge in [0, 0.05) is 13.0 Å². The topological polar surface area (TPSA) is 41.9 Å². The number of hydrogen-bond acceptors (Lipinski definition) is 4. The van der Waals surface area contributed by atoms with Crippen LogP contribution in [-0.2, 0) is 11.2 Å². The van der Waals surface area contributed by atoms with E-state index >= 15 is 0 Å². The third kappa shape index (κ3) is 3.27. The van der Waals surface area contributed by atoms with Crippen LogP contribution in [0.5, 0.6) is 5.75 Å². The summed E-state index contributed by atoms with van der Waals surface area (Å²) in [4.78, 5) is 20.1. The molecule has 0 spiro atoms. The van der Waals surface area contributed by atoms with Gasteiger partial charge in [0.1, 0.15) is 5.75 Å². The molecule has 0 bridgehead atoms. The maximum absolute atomic E-state index is 13.0. The molecule has 0 N–H and O–H groups in total. The predicted molar refractivity (Wildman–Crippen MR) is 108 cm³/mol. The standard InChI is InChI=1S/C21H20N2O2S/c1-2-11-22-21-23(17-6-4-3-5-7-17)20(24)19(26-21)14-15-8-9-18-16(13-15)10-12-25-18/h3-9,13-14H,2,10-12H2,1H3/b19-14-,22-21?. The van der Waals surface area contributed by atoms with Gasteiger partial charge in [-0.05, 0) is 59.7 Å². The van der Waals surface area contributed by atoms with E-state index in [1.807, 2.05) is 48.5 Å². The Kier molecular flexibility index (Phi) is 4.80. The van der Waals surface area contributed by atoms with Crippen molar-refractivity contribution in [2.45, 2.75) is 19.8 Å². The highest BCUT2D eigenvalue weighted by Crippen LogP contribution is 2.36. The quantitative estimate of drug-likeness (QED) is 0.750. The van der Waals surface area contributed by atoms with Crippen molar-refractivity contribution in [3.8, 4) is 5.75 Å². The van der Waals surface area contributed by atoms with E-state index in [0.29, 0.717) is 11.4 Å². The molecule has 0 saturated carbocycles. The molecule has 132 valence electrons. The summed E-state index contributed by atoms with van der Waals surface area (Å²) < 4.78 is 5.56. The molecule has 2 aliphatic rings. The van der Waals surface area contributed by atoms with Crippen molar-refractivity contribution in [3.05, 3.63) is 64.6 Å². The second-order valence-corrected chi connectivity index (χ2v) is 7.23. The summed E-state index contributed by atoms with van der Waals surface area (Å²) in [6.07, 6.45) is 3.83. The molecule has 0 aromatic heterocycles. The van der Waals surface area contributed by atoms with Crippen LogP contribution < -0.4 is 9.64 Å². The van der Waals surface area contributed by atoms with Crippen LogP contribution in [0.4, 0.5) is 5.69 Å². The van der Waals surface area contributed by atoms with Gasteiger partial charge in [0.2, 0.25) is 0 Å². The van der Waals surface area contributed by atoms with Crippen molar-refractivity contribution < 1.29 is 9.53 Å². The molecule has 0 aliphatic carbocycles. The van der Waals surface area contributed by atoms with Crippen LogP contribution >= 0.6 is 11.8 Å². The summed E-state index contributed by atoms with van der Waals surface area (Å²) in [5.41, 5.74) is 3.08. The van der Waals surface area contributed by atoms with Crippen LogP contribution in [0.1, 0.15) is 24.5 Å². The first kappa shape index (κ1) is 16.9. The molecule has 2 aromatic rings. The van der Waals surface area contributed by atoms with Gasteiger partial charge in [-0.3, -0.25) is 14.7 Å². The van der Waals surface area contributed by atoms with Crippen LogP contribution in [0.2, 0.25) is 0 Å². The second-order valence-electron chi connectivity index (χ2n) is 6.22. The fraction of sp³-hybridized carbons (Fsp3) is 0.238. The highest BCUT2D eigenvalue weighted by molar-refractivity contribution is 8.19. The highest BCUT2D eigenvalue weighted by atomic mass is 32.2. The molecular formula is C21H20N2O2S. The van der Waals surface area contributed by atoms with E-state index in [-0.39, 0.29) is 5.91 Å². The van der Waals surface area contributed by atoms with Gasteiger partial charge in [0.25, 0.3) is 5.91 Å². The molecule has 0 unspecified atom stereocenters. The summed E-state index contributed by atoms with van der Waals surface area (Å²) in [6.45, 7) is 3.53. The lowest BCUT2D eigenvalue weighted by atomic mass is 10.1. The van der Waals surface area contributed by atoms with Crippen LogP contribution in [-0.4, -0.2) is 24.2 Å². The van der Waals surface area contributed by atoms with E-state index in [1.165, 1.54) is 17.3 Å². The number of para-hydroxylation sites is 1. The van der Waals surface area contributed by atoms with Crippen LogP contribution in [0.15, 0.2) is 58.4 Å². The molecule has 2 aromatic carbocycles. The predicted octanol–water partition coefficient (Wildman–Crippen LogP) is 4.51. The number of amidine groups is 1. The van der Waals surface area contributed by atoms with E-state index < -0.39 is 0 Å². The second kappa shape index (κ2) is 7.38. The maximum Gasteiger partial charge on any atom is 0.271 e. The number of amides is 1. The lowest BCUT2D eigenvalue weighted by molar-refractivity contribution is -0.113. The first-order valence-corrected chi connectivity index (χ1v) is 9.67. The Morgan fingerprint density at radius 2 is 2.08 bits per heavy atom. The van der Waals surface area contributed by atoms with Gasteiger partial charge in [0.15, 0.2) is 5.17 Å². The third-order valence-corrected chi connectivity index (χ3v) is 5.31. The Labute approximate surface area is 157 Å². The largest absolute Gasteiger partial charge is 0.493 e. The van der Waals surface area contributed by atoms with Crippen molar-refractivity contribution in [3.63, 3.8) is 0 Å². The summed E-state index contributed by atoms with van der Waals surface area (Å²) in [5.74, 6) is 0.932. The maximum atomic E-state index is 13.0. The van der Waals surface area contributed by atoms with Crippen molar-refractivity contribution in [2.24, 2.45) is 4.99 Å². The van der Waals surface area contributed by atoms with Gasteiger partial charge in [-0.25, -0.2) is 0 Å². The molecule has 1 saturated heterocycles. The molecule has 1 fully saturated rings. The van der Waals surface area contributed by atoms with Gasteiger partial charge in [-0.1, -0.05) is 31.2 Å². The monoisotopic (exact) mass is 364 g/mol. The zero-order valence-corrected chi connectivity index (χ0v) is 15.5. The molecular weight excluding hydrogens is 344 g/mol. The number of carbonyl (C=O) groups excluding carboxylic acids is 1. The first-order chi connectivity index (χ1) is 12.8. The zero-order chi connectivity index (χ0) is 17.9. The minimum atomic E-state index is -0.0206. The smallest absolute Gasteiger partial charge is 0.271 e. The molecule has 1 amide bonds. The summed E-state index contributed by atoms with van der Waals surface area (Å²) in [6, 6.07) is 15.8. The minimum Gasteiger partial charge on any atom is -0.493 e. The molecule has 5 heteroatoms. The number of carbonyl (C=O) groups is 1. The number of nitrogens with zero attached hydrogens (tertiary/aromatic N) is 2. The Balaban J connectivity index is 1.68. The van der Waals surface area contributed by atoms with Crippen molar-refractivity contribution >= 4 is 34.6 Å². The number of aliphatic imine (C=N–C) groups is 1. The number of anilines is 1. The number of benzene rings is 2. The van der Waals surface area contributed by atoms with E-state index in [4.69, 9.17) is 4.74 Å². The van der Waals surface area contributed by atoms with Gasteiger partial charge in [0.05, 0.1) is 17.2 Å². The first-order valence-electron chi connectivity index (χ1n) is 8.85. The van der Waals surface area contributed by atoms with Crippen LogP contribution in [0.25, 0.3) is 6.08 Å². The Morgan fingerprint density at radius 1 is 1.23 bits per heavy atom. The molecule has 2 heterocycles. The van der Waals surface area contributed by atoms with E-state index in [9.17, 15) is 4.79 Å². The minimum absolute atomic E-state index is 0.0206. The fourth-order valence-electron chi connectivity index (χ4n) is 3.04. The number of hydrogen-bond donors (Lipinski definition) is 0. The summed E-state index contributed by atoms with van der Waals surface area (Å²) >= 11 is 1.45. The van der Waals surface area contributed by atoms with Crippen LogP contribution in [0.3, 0.4) is 0 Å². The summed E-state index contributed by atoms with van der Waals surface area (Å²) in [7, 11) is 0. The van der Waals surface area contributed by atoms with Crippen molar-refractivity contribution in [1.82, 2.24) is 0 Å². The van der Waals surface area contributed by atoms with Gasteiger partial charge < -0.3 is 4.74 Å². The van der Waals surface area contributed by atoms with E-state index in [1.54, 1.807) is 4.90 Å². The molecule has 26 heavy (non-hydrogen) atoms. The Bertz CT molecular complexity index is 890. The van der Waals surface area contributed by atoms with Gasteiger partial charge in [-0.2, -0.15) is 0 Å². The highest BCUT2D eigenvalue weighted by Gasteiger charge is 2.34. The summed E-state index contributed by atoms with van der Waals surface area (Å²) in [5, 5.41) is 0.749. The Hall–Kier alpha value is -2.53. The molecule has 0 radical (unpaired) electrons. The van der Waals surface area contributed by atoms with Gasteiger partial charge in [-0.15, -0.1) is 0 Å². The average Bonchev–Trinajstić information content (AvgIpc) is 3.25. The van der Waals surface area contributed by atoms with E-state index in [2.05, 4.69) is 18.0 Å². The van der Waals surface area contributed by atoms with Crippen molar-refractivity contribution in [2.75, 3.05) is 18.1 Å². The lowest BCUT2D eigenvalue weighted by Gasteiger charge is -2.15. The SMILES string of the molecule is CCCN=C1S/C(=C\c2ccc3c(c2)CCO3)C(=O)N1c1ccccc1. The van der Waals surface area contributed by atoms with Crippen LogP contribution in [0, 0.1) is 0 Å². The zero-order valence-electron chi connectivity index (χ0n) is 14.6. The molecule has 4 nitrogen and oxygen atoms in total. The number of rotatable bonds is 4. The molecule has 2 aliphatic heterocycles. The average molecular weight is 364 g/mol. The normalized spacial score (nSPS) is 19.3. The lowest BCUT2D eigenvalue weighted by Crippen LogP contribution is -2.28. The Morgan fingerprint density at radius 3 is 2.88 bits per heavy atom. The third-order valence-electron chi connectivity index (χ3n) is 4.30. The fourth-order valence-corrected chi connectivity index (χ4v) is 4.04. The van der Waals surface area contributed by atoms with Gasteiger partial charge >= 0.3 is 0 Å². The molecule has 4 rings (SSSR count). The van der Waals surface area contributed by atoms with Crippen molar-refractivity contribution in [1.29, 1.82) is 0 Å². The number of fused-ring (bicyclic) bond motifs is 1. The number of thioether (sulfide) groups is 1. The molecule has 0 atom stereocenters.